The van der Waals surface area contributed by atoms with Crippen LogP contribution in [0.4, 0.5) is 11.6 Å². The minimum absolute atomic E-state index is 0.227. The van der Waals surface area contributed by atoms with Crippen molar-refractivity contribution >= 4 is 33.5 Å². The molecule has 0 saturated carbocycles. The molecule has 1 amide bonds. The third kappa shape index (κ3) is 4.03. The lowest BCUT2D eigenvalue weighted by molar-refractivity contribution is 0.102. The third-order valence-electron chi connectivity index (χ3n) is 2.55. The molecule has 0 saturated heterocycles. The number of hydrogen-bond donors (Lipinski definition) is 2. The molecular weight excluding hydrogens is 320 g/mol. The van der Waals surface area contributed by atoms with Gasteiger partial charge >= 0.3 is 0 Å². The van der Waals surface area contributed by atoms with E-state index in [4.69, 9.17) is 0 Å². The molecule has 2 rings (SSSR count). The van der Waals surface area contributed by atoms with Crippen LogP contribution in [-0.2, 0) is 0 Å². The topological polar surface area (TPSA) is 66.9 Å². The summed E-state index contributed by atoms with van der Waals surface area (Å²) in [4.78, 5) is 20.2. The summed E-state index contributed by atoms with van der Waals surface area (Å²) in [5.41, 5.74) is 1.15. The van der Waals surface area contributed by atoms with Crippen molar-refractivity contribution in [3.63, 3.8) is 0 Å². The summed E-state index contributed by atoms with van der Waals surface area (Å²) < 4.78 is 0.963. The van der Waals surface area contributed by atoms with Gasteiger partial charge in [0.05, 0.1) is 5.56 Å². The summed E-state index contributed by atoms with van der Waals surface area (Å²) in [6.07, 6.45) is 4.02. The van der Waals surface area contributed by atoms with Gasteiger partial charge in [0.25, 0.3) is 5.91 Å². The standard InChI is InChI=1S/C14H15BrN4O/c1-2-7-16-14-17-8-10(9-18-14)13(20)19-12-5-3-11(15)4-6-12/h3-6,8-9H,2,7H2,1H3,(H,19,20)(H,16,17,18). The van der Waals surface area contributed by atoms with E-state index >= 15 is 0 Å². The fraction of sp³-hybridized carbons (Fsp3) is 0.214. The Labute approximate surface area is 126 Å². The Morgan fingerprint density at radius 3 is 2.45 bits per heavy atom. The largest absolute Gasteiger partial charge is 0.354 e. The van der Waals surface area contributed by atoms with E-state index in [0.29, 0.717) is 11.5 Å². The molecule has 104 valence electrons. The van der Waals surface area contributed by atoms with E-state index in [-0.39, 0.29) is 5.91 Å². The van der Waals surface area contributed by atoms with Crippen LogP contribution in [0.25, 0.3) is 0 Å². The molecule has 5 nitrogen and oxygen atoms in total. The van der Waals surface area contributed by atoms with Crippen LogP contribution < -0.4 is 10.6 Å². The second-order valence-electron chi connectivity index (χ2n) is 4.18. The molecule has 0 unspecified atom stereocenters. The highest BCUT2D eigenvalue weighted by Crippen LogP contribution is 2.15. The molecule has 0 atom stereocenters. The summed E-state index contributed by atoms with van der Waals surface area (Å²) in [6, 6.07) is 7.37. The number of rotatable bonds is 5. The second-order valence-corrected chi connectivity index (χ2v) is 5.10. The highest BCUT2D eigenvalue weighted by Gasteiger charge is 2.07. The molecule has 2 N–H and O–H groups in total. The number of benzene rings is 1. The fourth-order valence-electron chi connectivity index (χ4n) is 1.51. The van der Waals surface area contributed by atoms with Crippen LogP contribution in [0, 0.1) is 0 Å². The Bertz CT molecular complexity index is 569. The Kier molecular flexibility index (Phi) is 5.06. The van der Waals surface area contributed by atoms with Crippen molar-refractivity contribution < 1.29 is 4.79 Å². The lowest BCUT2D eigenvalue weighted by atomic mass is 10.3. The Hall–Kier alpha value is -1.95. The van der Waals surface area contributed by atoms with Crippen molar-refractivity contribution in [2.75, 3.05) is 17.2 Å². The average molecular weight is 335 g/mol. The smallest absolute Gasteiger partial charge is 0.258 e. The highest BCUT2D eigenvalue weighted by atomic mass is 79.9. The Morgan fingerprint density at radius 2 is 1.85 bits per heavy atom. The van der Waals surface area contributed by atoms with Crippen molar-refractivity contribution in [2.24, 2.45) is 0 Å². The normalized spacial score (nSPS) is 10.1. The van der Waals surface area contributed by atoms with Gasteiger partial charge in [0.15, 0.2) is 0 Å². The van der Waals surface area contributed by atoms with Crippen LogP contribution in [0.2, 0.25) is 0 Å². The van der Waals surface area contributed by atoms with Gasteiger partial charge in [0, 0.05) is 29.1 Å². The number of nitrogens with one attached hydrogen (secondary N) is 2. The quantitative estimate of drug-likeness (QED) is 0.880. The predicted molar refractivity (Wildman–Crippen MR) is 82.9 cm³/mol. The number of anilines is 2. The molecule has 2 aromatic rings. The van der Waals surface area contributed by atoms with Gasteiger partial charge in [0.2, 0.25) is 5.95 Å². The summed E-state index contributed by atoms with van der Waals surface area (Å²) in [5, 5.41) is 5.85. The van der Waals surface area contributed by atoms with E-state index in [0.717, 1.165) is 23.1 Å². The molecule has 1 aromatic heterocycles. The van der Waals surface area contributed by atoms with Crippen molar-refractivity contribution in [2.45, 2.75) is 13.3 Å². The number of carbonyl (C=O) groups is 1. The van der Waals surface area contributed by atoms with E-state index in [1.54, 1.807) is 0 Å². The zero-order valence-corrected chi connectivity index (χ0v) is 12.6. The van der Waals surface area contributed by atoms with Crippen LogP contribution in [0.15, 0.2) is 41.1 Å². The molecule has 0 radical (unpaired) electrons. The molecule has 0 spiro atoms. The van der Waals surface area contributed by atoms with Gasteiger partial charge in [-0.25, -0.2) is 9.97 Å². The van der Waals surface area contributed by atoms with E-state index in [1.807, 2.05) is 24.3 Å². The molecule has 1 aromatic carbocycles. The van der Waals surface area contributed by atoms with E-state index in [2.05, 4.69) is 43.5 Å². The summed E-state index contributed by atoms with van der Waals surface area (Å²) in [7, 11) is 0. The molecule has 0 bridgehead atoms. The first kappa shape index (κ1) is 14.5. The zero-order valence-electron chi connectivity index (χ0n) is 11.1. The average Bonchev–Trinajstić information content (AvgIpc) is 2.48. The van der Waals surface area contributed by atoms with E-state index in [9.17, 15) is 4.79 Å². The SMILES string of the molecule is CCCNc1ncc(C(=O)Nc2ccc(Br)cc2)cn1. The molecule has 20 heavy (non-hydrogen) atoms. The molecule has 0 aliphatic carbocycles. The van der Waals surface area contributed by atoms with E-state index < -0.39 is 0 Å². The van der Waals surface area contributed by atoms with Crippen LogP contribution in [0.3, 0.4) is 0 Å². The van der Waals surface area contributed by atoms with Crippen molar-refractivity contribution in [1.82, 2.24) is 9.97 Å². The number of halogens is 1. The maximum atomic E-state index is 12.0. The summed E-state index contributed by atoms with van der Waals surface area (Å²) in [5.74, 6) is 0.307. The first-order chi connectivity index (χ1) is 9.69. The van der Waals surface area contributed by atoms with Crippen LogP contribution >= 0.6 is 15.9 Å². The first-order valence-corrected chi connectivity index (χ1v) is 7.11. The number of amides is 1. The van der Waals surface area contributed by atoms with Gasteiger partial charge in [-0.2, -0.15) is 0 Å². The van der Waals surface area contributed by atoms with Gasteiger partial charge in [-0.15, -0.1) is 0 Å². The van der Waals surface area contributed by atoms with Crippen molar-refractivity contribution in [3.05, 3.63) is 46.7 Å². The second kappa shape index (κ2) is 7.00. The molecule has 0 fully saturated rings. The third-order valence-corrected chi connectivity index (χ3v) is 3.08. The van der Waals surface area contributed by atoms with Gasteiger partial charge in [0.1, 0.15) is 0 Å². The van der Waals surface area contributed by atoms with Crippen LogP contribution in [-0.4, -0.2) is 22.4 Å². The van der Waals surface area contributed by atoms with Crippen molar-refractivity contribution in [1.29, 1.82) is 0 Å². The molecule has 0 aliphatic heterocycles. The summed E-state index contributed by atoms with van der Waals surface area (Å²) in [6.45, 7) is 2.87. The number of nitrogens with zero attached hydrogens (tertiary/aromatic N) is 2. The summed E-state index contributed by atoms with van der Waals surface area (Å²) >= 11 is 3.35. The van der Waals surface area contributed by atoms with E-state index in [1.165, 1.54) is 12.4 Å². The number of aromatic nitrogens is 2. The highest BCUT2D eigenvalue weighted by molar-refractivity contribution is 9.10. The molecular formula is C14H15BrN4O. The van der Waals surface area contributed by atoms with Gasteiger partial charge in [-0.05, 0) is 30.7 Å². The van der Waals surface area contributed by atoms with Gasteiger partial charge in [-0.1, -0.05) is 22.9 Å². The van der Waals surface area contributed by atoms with Crippen LogP contribution in [0.5, 0.6) is 0 Å². The molecule has 6 heteroatoms. The maximum absolute atomic E-state index is 12.0. The zero-order chi connectivity index (χ0) is 14.4. The van der Waals surface area contributed by atoms with Crippen molar-refractivity contribution in [3.8, 4) is 0 Å². The maximum Gasteiger partial charge on any atom is 0.258 e. The number of carbonyl (C=O) groups excluding carboxylic acids is 1. The lowest BCUT2D eigenvalue weighted by Crippen LogP contribution is -2.13. The minimum Gasteiger partial charge on any atom is -0.354 e. The minimum atomic E-state index is -0.227. The van der Waals surface area contributed by atoms with Gasteiger partial charge in [-0.3, -0.25) is 4.79 Å². The van der Waals surface area contributed by atoms with Crippen LogP contribution in [0.1, 0.15) is 23.7 Å². The monoisotopic (exact) mass is 334 g/mol. The predicted octanol–water partition coefficient (Wildman–Crippen LogP) is 3.31. The van der Waals surface area contributed by atoms with Gasteiger partial charge < -0.3 is 10.6 Å². The Morgan fingerprint density at radius 1 is 1.20 bits per heavy atom. The molecule has 1 heterocycles. The number of hydrogen-bond acceptors (Lipinski definition) is 4. The first-order valence-electron chi connectivity index (χ1n) is 6.32. The Balaban J connectivity index is 2.00. The fourth-order valence-corrected chi connectivity index (χ4v) is 1.77. The lowest BCUT2D eigenvalue weighted by Gasteiger charge is -2.06. The molecule has 0 aliphatic rings.